The van der Waals surface area contributed by atoms with Crippen molar-refractivity contribution in [1.82, 2.24) is 0 Å². The zero-order valence-electron chi connectivity index (χ0n) is 13.9. The Balaban J connectivity index is 1.67. The van der Waals surface area contributed by atoms with Crippen molar-refractivity contribution in [3.05, 3.63) is 48.5 Å². The molecule has 2 rings (SSSR count). The predicted octanol–water partition coefficient (Wildman–Crippen LogP) is 4.37. The molecule has 4 nitrogen and oxygen atoms in total. The highest BCUT2D eigenvalue weighted by molar-refractivity contribution is 5.46. The lowest BCUT2D eigenvalue weighted by Crippen LogP contribution is -2.11. The van der Waals surface area contributed by atoms with Crippen LogP contribution in [0.2, 0.25) is 0 Å². The molecule has 4 heteroatoms. The maximum atomic E-state index is 5.67. The molecule has 0 atom stereocenters. The number of anilines is 1. The van der Waals surface area contributed by atoms with Crippen LogP contribution in [0.5, 0.6) is 17.2 Å². The number of hydrogen-bond acceptors (Lipinski definition) is 4. The van der Waals surface area contributed by atoms with Crippen LogP contribution in [0.25, 0.3) is 0 Å². The molecule has 0 saturated carbocycles. The normalized spacial score (nSPS) is 10.2. The largest absolute Gasteiger partial charge is 0.497 e. The first-order chi connectivity index (χ1) is 11.3. The number of methoxy groups -OCH3 is 1. The summed E-state index contributed by atoms with van der Waals surface area (Å²) in [6, 6.07) is 15.6. The minimum Gasteiger partial charge on any atom is -0.497 e. The number of nitrogens with one attached hydrogen (secondary N) is 1. The summed E-state index contributed by atoms with van der Waals surface area (Å²) in [7, 11) is 1.65. The first-order valence-corrected chi connectivity index (χ1v) is 8.05. The molecule has 1 N–H and O–H groups in total. The van der Waals surface area contributed by atoms with Crippen LogP contribution in [0, 0.1) is 0 Å². The number of unbranched alkanes of at least 4 members (excludes halogenated alkanes) is 1. The van der Waals surface area contributed by atoms with E-state index in [2.05, 4.69) is 12.2 Å². The van der Waals surface area contributed by atoms with E-state index in [4.69, 9.17) is 14.2 Å². The van der Waals surface area contributed by atoms with Gasteiger partial charge in [-0.3, -0.25) is 0 Å². The predicted molar refractivity (Wildman–Crippen MR) is 93.8 cm³/mol. The molecule has 0 aromatic heterocycles. The van der Waals surface area contributed by atoms with E-state index in [0.717, 1.165) is 48.9 Å². The Bertz CT molecular complexity index is 552. The van der Waals surface area contributed by atoms with Crippen LogP contribution in [0.15, 0.2) is 48.5 Å². The first kappa shape index (κ1) is 17.0. The summed E-state index contributed by atoms with van der Waals surface area (Å²) < 4.78 is 16.4. The van der Waals surface area contributed by atoms with Gasteiger partial charge in [-0.25, -0.2) is 0 Å². The van der Waals surface area contributed by atoms with Crippen molar-refractivity contribution in [2.75, 3.05) is 32.2 Å². The molecule has 2 aromatic rings. The molecule has 0 fully saturated rings. The van der Waals surface area contributed by atoms with E-state index in [1.54, 1.807) is 7.11 Å². The maximum Gasteiger partial charge on any atom is 0.119 e. The molecular weight excluding hydrogens is 290 g/mol. The van der Waals surface area contributed by atoms with E-state index in [1.165, 1.54) is 0 Å². The van der Waals surface area contributed by atoms with Crippen molar-refractivity contribution in [3.63, 3.8) is 0 Å². The molecule has 0 aliphatic carbocycles. The molecule has 0 aliphatic rings. The fraction of sp³-hybridized carbons (Fsp3) is 0.368. The maximum absolute atomic E-state index is 5.67. The first-order valence-electron chi connectivity index (χ1n) is 8.05. The van der Waals surface area contributed by atoms with Crippen LogP contribution >= 0.6 is 0 Å². The molecule has 0 bridgehead atoms. The van der Waals surface area contributed by atoms with Gasteiger partial charge in [0.1, 0.15) is 23.9 Å². The van der Waals surface area contributed by atoms with E-state index in [9.17, 15) is 0 Å². The quantitative estimate of drug-likeness (QED) is 0.661. The molecule has 0 heterocycles. The van der Waals surface area contributed by atoms with Gasteiger partial charge in [-0.1, -0.05) is 13.3 Å². The Morgan fingerprint density at radius 1 is 0.783 bits per heavy atom. The van der Waals surface area contributed by atoms with Gasteiger partial charge < -0.3 is 19.5 Å². The second kappa shape index (κ2) is 9.62. The summed E-state index contributed by atoms with van der Waals surface area (Å²) in [6.45, 7) is 4.27. The van der Waals surface area contributed by atoms with Crippen molar-refractivity contribution in [3.8, 4) is 17.2 Å². The van der Waals surface area contributed by atoms with E-state index in [0.29, 0.717) is 6.61 Å². The second-order valence-electron chi connectivity index (χ2n) is 5.18. The molecule has 0 amide bonds. The van der Waals surface area contributed by atoms with E-state index in [1.807, 2.05) is 48.5 Å². The molecule has 23 heavy (non-hydrogen) atoms. The van der Waals surface area contributed by atoms with Crippen LogP contribution in [0.1, 0.15) is 19.8 Å². The third kappa shape index (κ3) is 6.10. The summed E-state index contributed by atoms with van der Waals surface area (Å²) in [4.78, 5) is 0. The molecular formula is C19H25NO3. The molecule has 124 valence electrons. The van der Waals surface area contributed by atoms with Crippen LogP contribution in [0.3, 0.4) is 0 Å². The Labute approximate surface area is 138 Å². The molecule has 2 aromatic carbocycles. The smallest absolute Gasteiger partial charge is 0.119 e. The molecule has 0 saturated heterocycles. The van der Waals surface area contributed by atoms with Gasteiger partial charge in [0.2, 0.25) is 0 Å². The third-order valence-electron chi connectivity index (χ3n) is 3.38. The zero-order valence-corrected chi connectivity index (χ0v) is 13.9. The summed E-state index contributed by atoms with van der Waals surface area (Å²) in [6.07, 6.45) is 2.23. The minimum atomic E-state index is 0.598. The lowest BCUT2D eigenvalue weighted by molar-refractivity contribution is 0.309. The van der Waals surface area contributed by atoms with Crippen molar-refractivity contribution in [2.45, 2.75) is 19.8 Å². The van der Waals surface area contributed by atoms with Gasteiger partial charge in [0.15, 0.2) is 0 Å². The van der Waals surface area contributed by atoms with Crippen LogP contribution in [-0.4, -0.2) is 26.9 Å². The fourth-order valence-electron chi connectivity index (χ4n) is 2.04. The van der Waals surface area contributed by atoms with Crippen molar-refractivity contribution in [1.29, 1.82) is 0 Å². The summed E-state index contributed by atoms with van der Waals surface area (Å²) in [5, 5.41) is 3.33. The molecule has 0 aliphatic heterocycles. The van der Waals surface area contributed by atoms with Gasteiger partial charge in [0.05, 0.1) is 13.7 Å². The highest BCUT2D eigenvalue weighted by Gasteiger charge is 1.97. The Morgan fingerprint density at radius 2 is 1.35 bits per heavy atom. The van der Waals surface area contributed by atoms with E-state index < -0.39 is 0 Å². The fourth-order valence-corrected chi connectivity index (χ4v) is 2.04. The van der Waals surface area contributed by atoms with Crippen molar-refractivity contribution in [2.24, 2.45) is 0 Å². The van der Waals surface area contributed by atoms with Crippen molar-refractivity contribution >= 4 is 5.69 Å². The Hall–Kier alpha value is -2.36. The van der Waals surface area contributed by atoms with Crippen LogP contribution < -0.4 is 19.5 Å². The lowest BCUT2D eigenvalue weighted by atomic mass is 10.3. The number of rotatable bonds is 10. The van der Waals surface area contributed by atoms with Gasteiger partial charge in [0, 0.05) is 12.2 Å². The monoisotopic (exact) mass is 315 g/mol. The van der Waals surface area contributed by atoms with Gasteiger partial charge in [-0.15, -0.1) is 0 Å². The average molecular weight is 315 g/mol. The van der Waals surface area contributed by atoms with Gasteiger partial charge in [-0.2, -0.15) is 0 Å². The third-order valence-corrected chi connectivity index (χ3v) is 3.38. The summed E-state index contributed by atoms with van der Waals surface area (Å²) in [5.41, 5.74) is 1.06. The molecule has 0 spiro atoms. The van der Waals surface area contributed by atoms with E-state index >= 15 is 0 Å². The second-order valence-corrected chi connectivity index (χ2v) is 5.18. The van der Waals surface area contributed by atoms with Gasteiger partial charge in [0.25, 0.3) is 0 Å². The summed E-state index contributed by atoms with van der Waals surface area (Å²) in [5.74, 6) is 2.59. The highest BCUT2D eigenvalue weighted by Crippen LogP contribution is 2.18. The molecule has 0 unspecified atom stereocenters. The highest BCUT2D eigenvalue weighted by atomic mass is 16.5. The SMILES string of the molecule is CCCCOc1ccc(NCCOc2ccc(OC)cc2)cc1. The standard InChI is InChI=1S/C19H25NO3/c1-3-4-14-22-18-7-5-16(6-8-18)20-13-15-23-19-11-9-17(21-2)10-12-19/h5-12,20H,3-4,13-15H2,1-2H3. The topological polar surface area (TPSA) is 39.7 Å². The number of ether oxygens (including phenoxy) is 3. The average Bonchev–Trinajstić information content (AvgIpc) is 2.61. The molecule has 0 radical (unpaired) electrons. The number of benzene rings is 2. The van der Waals surface area contributed by atoms with Crippen molar-refractivity contribution < 1.29 is 14.2 Å². The van der Waals surface area contributed by atoms with Gasteiger partial charge >= 0.3 is 0 Å². The lowest BCUT2D eigenvalue weighted by Gasteiger charge is -2.10. The summed E-state index contributed by atoms with van der Waals surface area (Å²) >= 11 is 0. The van der Waals surface area contributed by atoms with E-state index in [-0.39, 0.29) is 0 Å². The minimum absolute atomic E-state index is 0.598. The Kier molecular flexibility index (Phi) is 7.11. The Morgan fingerprint density at radius 3 is 1.96 bits per heavy atom. The van der Waals surface area contributed by atoms with Crippen LogP contribution in [-0.2, 0) is 0 Å². The van der Waals surface area contributed by atoms with Gasteiger partial charge in [-0.05, 0) is 55.0 Å². The van der Waals surface area contributed by atoms with Crippen LogP contribution in [0.4, 0.5) is 5.69 Å². The zero-order chi connectivity index (χ0) is 16.3. The number of hydrogen-bond donors (Lipinski definition) is 1.